The number of aryl methyl sites for hydroxylation is 1. The molecule has 0 aliphatic heterocycles. The second kappa shape index (κ2) is 5.76. The van der Waals surface area contributed by atoms with Crippen molar-refractivity contribution < 1.29 is 13.2 Å². The first-order chi connectivity index (χ1) is 10.5. The van der Waals surface area contributed by atoms with Gasteiger partial charge >= 0.3 is 0 Å². The van der Waals surface area contributed by atoms with Crippen molar-refractivity contribution >= 4 is 26.8 Å². The molecule has 1 aromatic carbocycles. The molecule has 0 unspecified atom stereocenters. The molecule has 0 saturated heterocycles. The van der Waals surface area contributed by atoms with Gasteiger partial charge in [0.15, 0.2) is 0 Å². The van der Waals surface area contributed by atoms with Gasteiger partial charge in [0, 0.05) is 11.2 Å². The Hall–Kier alpha value is -1.82. The summed E-state index contributed by atoms with van der Waals surface area (Å²) in [6.07, 6.45) is 3.13. The number of nitrogens with one attached hydrogen (secondary N) is 1. The summed E-state index contributed by atoms with van der Waals surface area (Å²) in [5.41, 5.74) is 1.88. The molecule has 3 rings (SSSR count). The fourth-order valence-corrected chi connectivity index (χ4v) is 4.68. The van der Waals surface area contributed by atoms with Gasteiger partial charge in [-0.25, -0.2) is 8.42 Å². The zero-order valence-corrected chi connectivity index (χ0v) is 13.4. The Balaban J connectivity index is 1.77. The zero-order chi connectivity index (χ0) is 15.7. The Labute approximate surface area is 130 Å². The molecule has 1 amide bonds. The second-order valence-electron chi connectivity index (χ2n) is 5.91. The lowest BCUT2D eigenvalue weighted by molar-refractivity contribution is -0.119. The highest BCUT2D eigenvalue weighted by atomic mass is 32.2. The molecule has 0 atom stereocenters. The van der Waals surface area contributed by atoms with Crippen LogP contribution in [-0.4, -0.2) is 24.1 Å². The predicted octanol–water partition coefficient (Wildman–Crippen LogP) is 2.34. The quantitative estimate of drug-likeness (QED) is 0.940. The molecule has 1 saturated carbocycles. The van der Waals surface area contributed by atoms with Gasteiger partial charge < -0.3 is 4.57 Å². The van der Waals surface area contributed by atoms with Crippen LogP contribution in [0.15, 0.2) is 30.3 Å². The second-order valence-corrected chi connectivity index (χ2v) is 7.87. The predicted molar refractivity (Wildman–Crippen MR) is 86.0 cm³/mol. The largest absolute Gasteiger partial charge is 0.335 e. The summed E-state index contributed by atoms with van der Waals surface area (Å²) in [5, 5.41) is 0.630. The summed E-state index contributed by atoms with van der Waals surface area (Å²) < 4.78 is 28.4. The highest BCUT2D eigenvalue weighted by Gasteiger charge is 2.30. The van der Waals surface area contributed by atoms with Gasteiger partial charge in [0.05, 0.1) is 5.25 Å². The fourth-order valence-electron chi connectivity index (χ4n) is 3.17. The van der Waals surface area contributed by atoms with Gasteiger partial charge in [-0.15, -0.1) is 0 Å². The summed E-state index contributed by atoms with van der Waals surface area (Å²) in [5.74, 6) is -0.476. The maximum atomic E-state index is 12.2. The molecular weight excluding hydrogens is 300 g/mol. The third-order valence-electron chi connectivity index (χ3n) is 4.32. The lowest BCUT2D eigenvalue weighted by Gasteiger charge is -2.13. The lowest BCUT2D eigenvalue weighted by Crippen LogP contribution is -2.39. The molecule has 1 aliphatic rings. The SMILES string of the molecule is Cc1cc2ccccc2n1CC(=O)NS(=O)(=O)C1CCCC1. The molecule has 1 heterocycles. The molecule has 118 valence electrons. The number of para-hydroxylation sites is 1. The van der Waals surface area contributed by atoms with Crippen molar-refractivity contribution in [1.82, 2.24) is 9.29 Å². The summed E-state index contributed by atoms with van der Waals surface area (Å²) in [6, 6.07) is 9.75. The molecule has 1 N–H and O–H groups in total. The van der Waals surface area contributed by atoms with Crippen molar-refractivity contribution in [3.63, 3.8) is 0 Å². The van der Waals surface area contributed by atoms with Crippen molar-refractivity contribution in [2.75, 3.05) is 0 Å². The van der Waals surface area contributed by atoms with E-state index in [2.05, 4.69) is 4.72 Å². The van der Waals surface area contributed by atoms with E-state index >= 15 is 0 Å². The van der Waals surface area contributed by atoms with Gasteiger partial charge in [0.2, 0.25) is 10.0 Å². The van der Waals surface area contributed by atoms with E-state index in [1.165, 1.54) is 0 Å². The van der Waals surface area contributed by atoms with E-state index in [4.69, 9.17) is 0 Å². The number of rotatable bonds is 4. The maximum absolute atomic E-state index is 12.2. The summed E-state index contributed by atoms with van der Waals surface area (Å²) in [6.45, 7) is 1.93. The molecule has 6 heteroatoms. The molecule has 1 fully saturated rings. The fraction of sp³-hybridized carbons (Fsp3) is 0.438. The number of fused-ring (bicyclic) bond motifs is 1. The number of carbonyl (C=O) groups excluding carboxylic acids is 1. The van der Waals surface area contributed by atoms with E-state index in [0.29, 0.717) is 12.8 Å². The first-order valence-corrected chi connectivity index (χ1v) is 9.11. The van der Waals surface area contributed by atoms with Gasteiger partial charge in [0.25, 0.3) is 5.91 Å². The van der Waals surface area contributed by atoms with E-state index in [1.54, 1.807) is 0 Å². The molecule has 1 aromatic heterocycles. The van der Waals surface area contributed by atoms with E-state index in [1.807, 2.05) is 41.8 Å². The lowest BCUT2D eigenvalue weighted by atomic mass is 10.2. The van der Waals surface area contributed by atoms with Crippen LogP contribution in [0.5, 0.6) is 0 Å². The molecular formula is C16H20N2O3S. The van der Waals surface area contributed by atoms with Crippen LogP contribution in [-0.2, 0) is 21.4 Å². The first kappa shape index (κ1) is 15.1. The van der Waals surface area contributed by atoms with Gasteiger partial charge in [-0.3, -0.25) is 9.52 Å². The summed E-state index contributed by atoms with van der Waals surface area (Å²) >= 11 is 0. The van der Waals surface area contributed by atoms with Gasteiger partial charge in [-0.05, 0) is 37.3 Å². The van der Waals surface area contributed by atoms with E-state index in [-0.39, 0.29) is 6.54 Å². The average Bonchev–Trinajstić information content (AvgIpc) is 3.08. The number of aromatic nitrogens is 1. The van der Waals surface area contributed by atoms with Crippen LogP contribution in [0.2, 0.25) is 0 Å². The number of nitrogens with zero attached hydrogens (tertiary/aromatic N) is 1. The van der Waals surface area contributed by atoms with Crippen LogP contribution >= 0.6 is 0 Å². The molecule has 0 radical (unpaired) electrons. The van der Waals surface area contributed by atoms with Crippen molar-refractivity contribution in [1.29, 1.82) is 0 Å². The molecule has 0 bridgehead atoms. The van der Waals surface area contributed by atoms with Crippen LogP contribution in [0.4, 0.5) is 0 Å². The Morgan fingerprint density at radius 1 is 1.27 bits per heavy atom. The van der Waals surface area contributed by atoms with E-state index in [9.17, 15) is 13.2 Å². The third-order valence-corrected chi connectivity index (χ3v) is 6.18. The zero-order valence-electron chi connectivity index (χ0n) is 12.6. The Bertz CT molecular complexity index is 802. The van der Waals surface area contributed by atoms with E-state index in [0.717, 1.165) is 29.4 Å². The monoisotopic (exact) mass is 320 g/mol. The number of benzene rings is 1. The minimum Gasteiger partial charge on any atom is -0.335 e. The average molecular weight is 320 g/mol. The first-order valence-electron chi connectivity index (χ1n) is 7.57. The van der Waals surface area contributed by atoms with Crippen molar-refractivity contribution in [2.45, 2.75) is 44.4 Å². The number of hydrogen-bond acceptors (Lipinski definition) is 3. The molecule has 2 aromatic rings. The highest BCUT2D eigenvalue weighted by molar-refractivity contribution is 7.90. The molecule has 22 heavy (non-hydrogen) atoms. The molecule has 0 spiro atoms. The Morgan fingerprint density at radius 2 is 1.95 bits per heavy atom. The number of carbonyl (C=O) groups is 1. The maximum Gasteiger partial charge on any atom is 0.253 e. The molecule has 5 nitrogen and oxygen atoms in total. The number of amides is 1. The molecule has 1 aliphatic carbocycles. The van der Waals surface area contributed by atoms with Gasteiger partial charge in [-0.2, -0.15) is 0 Å². The van der Waals surface area contributed by atoms with Gasteiger partial charge in [-0.1, -0.05) is 31.0 Å². The van der Waals surface area contributed by atoms with Crippen molar-refractivity contribution in [3.8, 4) is 0 Å². The highest BCUT2D eigenvalue weighted by Crippen LogP contribution is 2.24. The Morgan fingerprint density at radius 3 is 2.68 bits per heavy atom. The third kappa shape index (κ3) is 2.88. The number of hydrogen-bond donors (Lipinski definition) is 1. The van der Waals surface area contributed by atoms with Crippen LogP contribution in [0.1, 0.15) is 31.4 Å². The standard InChI is InChI=1S/C16H20N2O3S/c1-12-10-13-6-2-5-9-15(13)18(12)11-16(19)17-22(20,21)14-7-3-4-8-14/h2,5-6,9-10,14H,3-4,7-8,11H2,1H3,(H,17,19). The normalized spacial score (nSPS) is 16.2. The Kier molecular flexibility index (Phi) is 3.95. The topological polar surface area (TPSA) is 68.2 Å². The van der Waals surface area contributed by atoms with Crippen LogP contribution in [0, 0.1) is 6.92 Å². The van der Waals surface area contributed by atoms with Crippen molar-refractivity contribution in [2.24, 2.45) is 0 Å². The van der Waals surface area contributed by atoms with Crippen LogP contribution in [0.25, 0.3) is 10.9 Å². The minimum atomic E-state index is -3.54. The van der Waals surface area contributed by atoms with Crippen molar-refractivity contribution in [3.05, 3.63) is 36.0 Å². The number of sulfonamides is 1. The van der Waals surface area contributed by atoms with Gasteiger partial charge in [0.1, 0.15) is 6.54 Å². The summed E-state index contributed by atoms with van der Waals surface area (Å²) in [7, 11) is -3.54. The smallest absolute Gasteiger partial charge is 0.253 e. The summed E-state index contributed by atoms with van der Waals surface area (Å²) in [4.78, 5) is 12.2. The van der Waals surface area contributed by atoms with Crippen LogP contribution in [0.3, 0.4) is 0 Å². The minimum absolute atomic E-state index is 0.0191. The van der Waals surface area contributed by atoms with E-state index < -0.39 is 21.2 Å². The van der Waals surface area contributed by atoms with Crippen LogP contribution < -0.4 is 4.72 Å².